The summed E-state index contributed by atoms with van der Waals surface area (Å²) in [4.78, 5) is 8.54. The molecule has 0 aliphatic carbocycles. The largest absolute Gasteiger partial charge is 0.497 e. The second kappa shape index (κ2) is 7.48. The van der Waals surface area contributed by atoms with Gasteiger partial charge >= 0.3 is 0 Å². The normalized spacial score (nSPS) is 12.5. The number of pyridine rings is 1. The van der Waals surface area contributed by atoms with Gasteiger partial charge in [0.25, 0.3) is 0 Å². The van der Waals surface area contributed by atoms with Crippen LogP contribution < -0.4 is 4.74 Å². The van der Waals surface area contributed by atoms with E-state index in [4.69, 9.17) is 20.8 Å². The number of rotatable bonds is 5. The Labute approximate surface area is 177 Å². The number of nitrogens with zero attached hydrogens (tertiary/aromatic N) is 3. The van der Waals surface area contributed by atoms with Crippen LogP contribution in [0, 0.1) is 0 Å². The summed E-state index contributed by atoms with van der Waals surface area (Å²) < 4.78 is 13.2. The average molecular weight is 420 g/mol. The molecule has 6 nitrogen and oxygen atoms in total. The number of hydrogen-bond acceptors (Lipinski definition) is 5. The van der Waals surface area contributed by atoms with Gasteiger partial charge in [-0.15, -0.1) is 0 Å². The predicted octanol–water partition coefficient (Wildman–Crippen LogP) is 4.97. The van der Waals surface area contributed by atoms with E-state index in [-0.39, 0.29) is 5.89 Å². The molecule has 3 heterocycles. The number of halogens is 1. The molecule has 0 fully saturated rings. The lowest BCUT2D eigenvalue weighted by molar-refractivity contribution is 0.187. The number of aromatic nitrogens is 3. The van der Waals surface area contributed by atoms with Gasteiger partial charge < -0.3 is 18.8 Å². The van der Waals surface area contributed by atoms with E-state index in [1.54, 1.807) is 25.4 Å². The molecule has 1 N–H and O–H groups in total. The van der Waals surface area contributed by atoms with E-state index in [2.05, 4.69) is 14.5 Å². The highest BCUT2D eigenvalue weighted by atomic mass is 35.5. The molecular formula is C23H18ClN3O3. The summed E-state index contributed by atoms with van der Waals surface area (Å²) in [6.07, 6.45) is 2.52. The number of benzene rings is 2. The fraction of sp³-hybridized carbons (Fsp3) is 0.130. The van der Waals surface area contributed by atoms with Crippen LogP contribution in [-0.2, 0) is 6.54 Å². The molecule has 5 rings (SSSR count). The molecule has 30 heavy (non-hydrogen) atoms. The molecule has 1 atom stereocenters. The van der Waals surface area contributed by atoms with Crippen molar-refractivity contribution >= 4 is 33.7 Å². The van der Waals surface area contributed by atoms with Crippen LogP contribution in [0.15, 0.2) is 71.4 Å². The highest BCUT2D eigenvalue weighted by Crippen LogP contribution is 2.34. The smallest absolute Gasteiger partial charge is 0.230 e. The van der Waals surface area contributed by atoms with Crippen molar-refractivity contribution in [1.29, 1.82) is 0 Å². The summed E-state index contributed by atoms with van der Waals surface area (Å²) in [6.45, 7) is 0.627. The molecule has 0 spiro atoms. The van der Waals surface area contributed by atoms with Crippen molar-refractivity contribution in [3.05, 3.63) is 89.0 Å². The van der Waals surface area contributed by atoms with Gasteiger partial charge in [-0.2, -0.15) is 4.98 Å². The Balaban J connectivity index is 1.61. The van der Waals surface area contributed by atoms with E-state index in [1.165, 1.54) is 0 Å². The molecule has 0 saturated heterocycles. The zero-order chi connectivity index (χ0) is 20.7. The summed E-state index contributed by atoms with van der Waals surface area (Å²) in [6, 6.07) is 17.0. The van der Waals surface area contributed by atoms with E-state index in [1.807, 2.05) is 48.7 Å². The van der Waals surface area contributed by atoms with Crippen LogP contribution >= 0.6 is 11.6 Å². The van der Waals surface area contributed by atoms with Gasteiger partial charge in [0, 0.05) is 40.4 Å². The quantitative estimate of drug-likeness (QED) is 0.435. The third-order valence-corrected chi connectivity index (χ3v) is 5.35. The highest BCUT2D eigenvalue weighted by molar-refractivity contribution is 6.30. The molecule has 0 radical (unpaired) electrons. The first kappa shape index (κ1) is 18.7. The maximum absolute atomic E-state index is 11.1. The van der Waals surface area contributed by atoms with Crippen LogP contribution in [0.3, 0.4) is 0 Å². The van der Waals surface area contributed by atoms with Crippen LogP contribution in [0.4, 0.5) is 0 Å². The van der Waals surface area contributed by atoms with Gasteiger partial charge in [0.2, 0.25) is 5.89 Å². The van der Waals surface area contributed by atoms with Gasteiger partial charge in [-0.3, -0.25) is 0 Å². The Morgan fingerprint density at radius 2 is 2.00 bits per heavy atom. The summed E-state index contributed by atoms with van der Waals surface area (Å²) in [5, 5.41) is 12.7. The van der Waals surface area contributed by atoms with Crippen molar-refractivity contribution in [2.75, 3.05) is 7.11 Å². The zero-order valence-corrected chi connectivity index (χ0v) is 16.9. The maximum atomic E-state index is 11.1. The molecule has 0 saturated carbocycles. The third kappa shape index (κ3) is 3.30. The zero-order valence-electron chi connectivity index (χ0n) is 16.1. The van der Waals surface area contributed by atoms with Crippen LogP contribution in [0.25, 0.3) is 22.1 Å². The van der Waals surface area contributed by atoms with Crippen LogP contribution in [0.2, 0.25) is 5.02 Å². The number of oxazole rings is 1. The molecule has 7 heteroatoms. The molecule has 3 aromatic heterocycles. The molecule has 150 valence electrons. The summed E-state index contributed by atoms with van der Waals surface area (Å²) in [7, 11) is 1.62. The monoisotopic (exact) mass is 419 g/mol. The Morgan fingerprint density at radius 1 is 1.17 bits per heavy atom. The molecule has 0 bridgehead atoms. The fourth-order valence-corrected chi connectivity index (χ4v) is 3.73. The van der Waals surface area contributed by atoms with E-state index in [0.717, 1.165) is 16.5 Å². The van der Waals surface area contributed by atoms with Crippen LogP contribution in [0.1, 0.15) is 23.1 Å². The minimum Gasteiger partial charge on any atom is -0.497 e. The molecule has 0 aliphatic rings. The maximum Gasteiger partial charge on any atom is 0.230 e. The molecule has 1 unspecified atom stereocenters. The van der Waals surface area contributed by atoms with Crippen molar-refractivity contribution in [3.63, 3.8) is 0 Å². The third-order valence-electron chi connectivity index (χ3n) is 5.10. The van der Waals surface area contributed by atoms with Crippen LogP contribution in [-0.4, -0.2) is 26.8 Å². The van der Waals surface area contributed by atoms with Crippen molar-refractivity contribution < 1.29 is 14.3 Å². The number of ether oxygens (including phenoxy) is 1. The van der Waals surface area contributed by atoms with Crippen molar-refractivity contribution in [2.24, 2.45) is 0 Å². The Hall–Kier alpha value is -3.35. The molecule has 0 amide bonds. The SMILES string of the molecule is COc1ccc2c(c1)c(C(O)c1nc3ncccc3o1)cn2Cc1ccc(Cl)cc1. The van der Waals surface area contributed by atoms with Gasteiger partial charge in [-0.05, 0) is 48.0 Å². The van der Waals surface area contributed by atoms with Gasteiger partial charge in [0.1, 0.15) is 5.75 Å². The standard InChI is InChI=1S/C23H18ClN3O3/c1-29-16-8-9-19-17(11-16)18(13-27(19)12-14-4-6-15(24)7-5-14)21(28)23-26-22-20(30-23)3-2-10-25-22/h2-11,13,21,28H,12H2,1H3. The van der Waals surface area contributed by atoms with Gasteiger partial charge in [-0.25, -0.2) is 4.98 Å². The van der Waals surface area contributed by atoms with Crippen molar-refractivity contribution in [3.8, 4) is 5.75 Å². The predicted molar refractivity (Wildman–Crippen MR) is 115 cm³/mol. The first-order chi connectivity index (χ1) is 14.6. The van der Waals surface area contributed by atoms with Crippen LogP contribution in [0.5, 0.6) is 5.75 Å². The Kier molecular flexibility index (Phi) is 4.65. The van der Waals surface area contributed by atoms with E-state index in [9.17, 15) is 5.11 Å². The topological polar surface area (TPSA) is 73.3 Å². The summed E-state index contributed by atoms with van der Waals surface area (Å²) in [5.41, 5.74) is 3.75. The number of aliphatic hydroxyl groups excluding tert-OH is 1. The Bertz CT molecular complexity index is 1310. The van der Waals surface area contributed by atoms with Gasteiger partial charge in [-0.1, -0.05) is 23.7 Å². The minimum atomic E-state index is -1.04. The second-order valence-corrected chi connectivity index (χ2v) is 7.44. The number of hydrogen-bond donors (Lipinski definition) is 1. The lowest BCUT2D eigenvalue weighted by Crippen LogP contribution is -2.00. The van der Waals surface area contributed by atoms with E-state index >= 15 is 0 Å². The lowest BCUT2D eigenvalue weighted by Gasteiger charge is -2.06. The van der Waals surface area contributed by atoms with Gasteiger partial charge in [0.15, 0.2) is 17.3 Å². The van der Waals surface area contributed by atoms with Crippen molar-refractivity contribution in [2.45, 2.75) is 12.6 Å². The van der Waals surface area contributed by atoms with E-state index < -0.39 is 6.10 Å². The number of fused-ring (bicyclic) bond motifs is 2. The van der Waals surface area contributed by atoms with E-state index in [0.29, 0.717) is 34.1 Å². The second-order valence-electron chi connectivity index (χ2n) is 7.00. The highest BCUT2D eigenvalue weighted by Gasteiger charge is 2.23. The minimum absolute atomic E-state index is 0.206. The van der Waals surface area contributed by atoms with Crippen molar-refractivity contribution in [1.82, 2.24) is 14.5 Å². The molecule has 0 aliphatic heterocycles. The number of methoxy groups -OCH3 is 1. The first-order valence-electron chi connectivity index (χ1n) is 9.43. The number of aliphatic hydroxyl groups is 1. The Morgan fingerprint density at radius 3 is 2.77 bits per heavy atom. The van der Waals surface area contributed by atoms with Gasteiger partial charge in [0.05, 0.1) is 7.11 Å². The summed E-state index contributed by atoms with van der Waals surface area (Å²) >= 11 is 6.01. The fourth-order valence-electron chi connectivity index (χ4n) is 3.60. The molecule has 2 aromatic carbocycles. The molecular weight excluding hydrogens is 402 g/mol. The average Bonchev–Trinajstić information content (AvgIpc) is 3.36. The molecule has 5 aromatic rings. The first-order valence-corrected chi connectivity index (χ1v) is 9.81. The lowest BCUT2D eigenvalue weighted by atomic mass is 10.1. The summed E-state index contributed by atoms with van der Waals surface area (Å²) in [5.74, 6) is 0.913.